The Labute approximate surface area is 241 Å². The van der Waals surface area contributed by atoms with Gasteiger partial charge < -0.3 is 14.9 Å². The summed E-state index contributed by atoms with van der Waals surface area (Å²) in [6, 6.07) is 44.3. The van der Waals surface area contributed by atoms with E-state index in [1.54, 1.807) is 0 Å². The van der Waals surface area contributed by atoms with Crippen LogP contribution >= 0.6 is 0 Å². The molecule has 5 rings (SSSR count). The molecule has 0 saturated heterocycles. The van der Waals surface area contributed by atoms with Crippen LogP contribution in [0.4, 0.5) is 0 Å². The number of ether oxygens (including phenoxy) is 1. The van der Waals surface area contributed by atoms with Crippen molar-refractivity contribution in [1.82, 2.24) is 0 Å². The van der Waals surface area contributed by atoms with E-state index in [2.05, 4.69) is 30.3 Å². The molecule has 0 fully saturated rings. The Bertz CT molecular complexity index is 1430. The van der Waals surface area contributed by atoms with Crippen LogP contribution in [-0.2, 0) is 21.6 Å². The average Bonchev–Trinajstić information content (AvgIpc) is 3.02. The fourth-order valence-electron chi connectivity index (χ4n) is 5.71. The van der Waals surface area contributed by atoms with Crippen LogP contribution in [0, 0.1) is 5.92 Å². The van der Waals surface area contributed by atoms with E-state index < -0.39 is 23.6 Å². The Hall–Kier alpha value is -4.25. The molecule has 0 spiro atoms. The molecule has 0 amide bonds. The van der Waals surface area contributed by atoms with Gasteiger partial charge >= 0.3 is 5.97 Å². The van der Waals surface area contributed by atoms with E-state index in [1.807, 2.05) is 103 Å². The zero-order valence-electron chi connectivity index (χ0n) is 23.1. The number of aliphatic hydroxyl groups is 1. The van der Waals surface area contributed by atoms with Crippen molar-refractivity contribution < 1.29 is 19.7 Å². The lowest BCUT2D eigenvalue weighted by Gasteiger charge is -2.37. The van der Waals surface area contributed by atoms with Gasteiger partial charge in [-0.2, -0.15) is 0 Å². The van der Waals surface area contributed by atoms with Crippen molar-refractivity contribution in [3.63, 3.8) is 0 Å². The quantitative estimate of drug-likeness (QED) is 0.118. The molecule has 0 aliphatic carbocycles. The molecule has 5 aromatic carbocycles. The van der Waals surface area contributed by atoms with Crippen molar-refractivity contribution in [3.8, 4) is 0 Å². The van der Waals surface area contributed by atoms with Gasteiger partial charge in [0.2, 0.25) is 0 Å². The SMILES string of the molecule is O=C(O)[C@@H](COC(c1ccccc1)(c1ccccc1)c1ccccc1)[C@@H](O)CCCCc1cccc2ccccc12. The number of carbonyl (C=O) groups is 1. The third-order valence-corrected chi connectivity index (χ3v) is 7.88. The minimum atomic E-state index is -1.07. The van der Waals surface area contributed by atoms with E-state index in [9.17, 15) is 15.0 Å². The van der Waals surface area contributed by atoms with Crippen molar-refractivity contribution in [1.29, 1.82) is 0 Å². The smallest absolute Gasteiger partial charge is 0.311 e. The third kappa shape index (κ3) is 6.40. The number of aryl methyl sites for hydroxylation is 1. The first kappa shape index (κ1) is 28.3. The average molecular weight is 545 g/mol. The van der Waals surface area contributed by atoms with E-state index >= 15 is 0 Å². The summed E-state index contributed by atoms with van der Waals surface area (Å²) in [5.74, 6) is -2.13. The number of aliphatic hydroxyl groups excluding tert-OH is 1. The van der Waals surface area contributed by atoms with E-state index in [0.29, 0.717) is 6.42 Å². The zero-order valence-corrected chi connectivity index (χ0v) is 23.1. The van der Waals surface area contributed by atoms with Gasteiger partial charge in [0.25, 0.3) is 0 Å². The monoisotopic (exact) mass is 544 g/mol. The molecule has 208 valence electrons. The topological polar surface area (TPSA) is 66.8 Å². The van der Waals surface area contributed by atoms with Crippen LogP contribution < -0.4 is 0 Å². The Kier molecular flexibility index (Phi) is 9.25. The normalized spacial score (nSPS) is 13.1. The maximum Gasteiger partial charge on any atom is 0.311 e. The van der Waals surface area contributed by atoms with Gasteiger partial charge in [-0.05, 0) is 52.3 Å². The number of carboxylic acid groups (broad SMARTS) is 1. The Morgan fingerprint density at radius 2 is 1.17 bits per heavy atom. The predicted molar refractivity (Wildman–Crippen MR) is 164 cm³/mol. The van der Waals surface area contributed by atoms with Gasteiger partial charge in [0.1, 0.15) is 11.5 Å². The molecule has 0 radical (unpaired) electrons. The lowest BCUT2D eigenvalue weighted by molar-refractivity contribution is -0.151. The maximum atomic E-state index is 12.4. The second-order valence-corrected chi connectivity index (χ2v) is 10.5. The number of aliphatic carboxylic acids is 1. The van der Waals surface area contributed by atoms with Gasteiger partial charge in [0, 0.05) is 0 Å². The minimum Gasteiger partial charge on any atom is -0.481 e. The van der Waals surface area contributed by atoms with Crippen LogP contribution in [0.25, 0.3) is 10.8 Å². The summed E-state index contributed by atoms with van der Waals surface area (Å²) in [4.78, 5) is 12.4. The molecule has 4 nitrogen and oxygen atoms in total. The van der Waals surface area contributed by atoms with Crippen molar-refractivity contribution >= 4 is 16.7 Å². The molecule has 5 aromatic rings. The molecule has 41 heavy (non-hydrogen) atoms. The van der Waals surface area contributed by atoms with Crippen LogP contribution in [0.5, 0.6) is 0 Å². The second kappa shape index (κ2) is 13.4. The summed E-state index contributed by atoms with van der Waals surface area (Å²) in [7, 11) is 0. The Morgan fingerprint density at radius 3 is 1.73 bits per heavy atom. The molecule has 0 aliphatic rings. The van der Waals surface area contributed by atoms with E-state index in [1.165, 1.54) is 16.3 Å². The van der Waals surface area contributed by atoms with Crippen molar-refractivity contribution in [2.24, 2.45) is 5.92 Å². The van der Waals surface area contributed by atoms with E-state index in [0.717, 1.165) is 36.0 Å². The van der Waals surface area contributed by atoms with E-state index in [-0.39, 0.29) is 6.61 Å². The van der Waals surface area contributed by atoms with Crippen LogP contribution in [-0.4, -0.2) is 28.9 Å². The highest BCUT2D eigenvalue weighted by Crippen LogP contribution is 2.41. The number of carboxylic acids is 1. The van der Waals surface area contributed by atoms with Gasteiger partial charge in [-0.15, -0.1) is 0 Å². The lowest BCUT2D eigenvalue weighted by atomic mass is 9.80. The fourth-order valence-corrected chi connectivity index (χ4v) is 5.71. The number of benzene rings is 5. The number of hydrogen-bond acceptors (Lipinski definition) is 3. The summed E-state index contributed by atoms with van der Waals surface area (Å²) in [6.45, 7) is -0.140. The number of unbranched alkanes of at least 4 members (excludes halogenated alkanes) is 1. The first-order chi connectivity index (χ1) is 20.1. The molecule has 0 aliphatic heterocycles. The molecule has 2 atom stereocenters. The maximum absolute atomic E-state index is 12.4. The largest absolute Gasteiger partial charge is 0.481 e. The standard InChI is InChI=1S/C37H36O4/c38-35(26-13-11-16-29-18-14-17-28-15-10-12-25-33(28)29)34(36(39)40)27-41-37(30-19-4-1-5-20-30,31-21-6-2-7-22-31)32-23-8-3-9-24-32/h1-10,12,14-15,17-25,34-35,38H,11,13,16,26-27H2,(H,39,40)/t34-,35-/m0/s1. The number of rotatable bonds is 13. The first-order valence-corrected chi connectivity index (χ1v) is 14.3. The number of fused-ring (bicyclic) bond motifs is 1. The van der Waals surface area contributed by atoms with Gasteiger partial charge in [-0.1, -0.05) is 140 Å². The second-order valence-electron chi connectivity index (χ2n) is 10.5. The zero-order chi connectivity index (χ0) is 28.5. The summed E-state index contributed by atoms with van der Waals surface area (Å²) >= 11 is 0. The van der Waals surface area contributed by atoms with Gasteiger partial charge in [-0.25, -0.2) is 0 Å². The molecule has 0 bridgehead atoms. The minimum absolute atomic E-state index is 0.140. The lowest BCUT2D eigenvalue weighted by Crippen LogP contribution is -2.39. The van der Waals surface area contributed by atoms with Crippen LogP contribution in [0.15, 0.2) is 133 Å². The molecule has 0 aromatic heterocycles. The highest BCUT2D eigenvalue weighted by atomic mass is 16.5. The van der Waals surface area contributed by atoms with Crippen LogP contribution in [0.2, 0.25) is 0 Å². The summed E-state index contributed by atoms with van der Waals surface area (Å²) in [6.07, 6.45) is 1.82. The van der Waals surface area contributed by atoms with Crippen molar-refractivity contribution in [2.75, 3.05) is 6.61 Å². The van der Waals surface area contributed by atoms with Gasteiger partial charge in [0.05, 0.1) is 12.7 Å². The molecule has 0 saturated carbocycles. The summed E-state index contributed by atoms with van der Waals surface area (Å²) in [5, 5.41) is 23.7. The Balaban J connectivity index is 1.33. The highest BCUT2D eigenvalue weighted by molar-refractivity contribution is 5.85. The molecular weight excluding hydrogens is 508 g/mol. The molecular formula is C37H36O4. The number of hydrogen-bond donors (Lipinski definition) is 2. The summed E-state index contributed by atoms with van der Waals surface area (Å²) < 4.78 is 6.72. The predicted octanol–water partition coefficient (Wildman–Crippen LogP) is 7.62. The van der Waals surface area contributed by atoms with Crippen molar-refractivity contribution in [3.05, 3.63) is 156 Å². The van der Waals surface area contributed by atoms with Crippen LogP contribution in [0.1, 0.15) is 41.5 Å². The van der Waals surface area contributed by atoms with E-state index in [4.69, 9.17) is 4.74 Å². The first-order valence-electron chi connectivity index (χ1n) is 14.3. The molecule has 2 N–H and O–H groups in total. The Morgan fingerprint density at radius 1 is 0.659 bits per heavy atom. The third-order valence-electron chi connectivity index (χ3n) is 7.88. The van der Waals surface area contributed by atoms with Gasteiger partial charge in [0.15, 0.2) is 0 Å². The van der Waals surface area contributed by atoms with Crippen LogP contribution in [0.3, 0.4) is 0 Å². The van der Waals surface area contributed by atoms with Gasteiger partial charge in [-0.3, -0.25) is 4.79 Å². The molecule has 0 heterocycles. The molecule has 0 unspecified atom stereocenters. The molecule has 4 heteroatoms. The fraction of sp³-hybridized carbons (Fsp3) is 0.216. The van der Waals surface area contributed by atoms with Crippen molar-refractivity contribution in [2.45, 2.75) is 37.4 Å². The summed E-state index contributed by atoms with van der Waals surface area (Å²) in [5.41, 5.74) is 2.92. The highest BCUT2D eigenvalue weighted by Gasteiger charge is 2.39.